The number of nitrogens with one attached hydrogen (secondary N) is 2. The fourth-order valence-corrected chi connectivity index (χ4v) is 7.02. The number of anilines is 2. The van der Waals surface area contributed by atoms with Crippen LogP contribution in [0.4, 0.5) is 11.4 Å². The number of carbonyl (C=O) groups is 2. The first-order valence-corrected chi connectivity index (χ1v) is 11.4. The molecule has 2 aromatic rings. The first kappa shape index (κ1) is 20.9. The smallest absolute Gasteiger partial charge is 0.221 e. The van der Waals surface area contributed by atoms with Crippen molar-refractivity contribution in [3.05, 3.63) is 59.7 Å². The Hall–Kier alpha value is -3.02. The molecule has 3 aliphatic rings. The van der Waals surface area contributed by atoms with Gasteiger partial charge in [-0.1, -0.05) is 44.5 Å². The molecule has 2 fully saturated rings. The van der Waals surface area contributed by atoms with Gasteiger partial charge in [0.1, 0.15) is 11.1 Å². The van der Waals surface area contributed by atoms with Crippen LogP contribution in [0.1, 0.15) is 58.1 Å². The minimum Gasteiger partial charge on any atom is -0.326 e. The van der Waals surface area contributed by atoms with Gasteiger partial charge in [0.15, 0.2) is 0 Å². The molecule has 0 aromatic heterocycles. The summed E-state index contributed by atoms with van der Waals surface area (Å²) in [6, 6.07) is 16.4. The molecule has 0 saturated heterocycles. The molecule has 2 saturated carbocycles. The summed E-state index contributed by atoms with van der Waals surface area (Å²) in [4.78, 5) is 22.9. The highest BCUT2D eigenvalue weighted by molar-refractivity contribution is 5.89. The zero-order valence-corrected chi connectivity index (χ0v) is 19.1. The van der Waals surface area contributed by atoms with Crippen LogP contribution in [-0.4, -0.2) is 11.8 Å². The lowest BCUT2D eigenvalue weighted by atomic mass is 9.61. The van der Waals surface area contributed by atoms with E-state index in [0.717, 1.165) is 24.2 Å². The van der Waals surface area contributed by atoms with Gasteiger partial charge in [0.25, 0.3) is 0 Å². The van der Waals surface area contributed by atoms with E-state index < -0.39 is 0 Å². The van der Waals surface area contributed by atoms with E-state index in [4.69, 9.17) is 10.2 Å². The largest absolute Gasteiger partial charge is 0.326 e. The molecule has 0 spiro atoms. The second-order valence-corrected chi connectivity index (χ2v) is 10.0. The second kappa shape index (κ2) is 6.99. The summed E-state index contributed by atoms with van der Waals surface area (Å²) in [6.07, 6.45) is 3.48. The van der Waals surface area contributed by atoms with Crippen molar-refractivity contribution < 1.29 is 9.59 Å². The van der Waals surface area contributed by atoms with Gasteiger partial charge in [0, 0.05) is 30.6 Å². The van der Waals surface area contributed by atoms with Crippen LogP contribution in [0, 0.1) is 17.3 Å². The van der Waals surface area contributed by atoms with Gasteiger partial charge in [-0.25, -0.2) is 0 Å². The lowest BCUT2D eigenvalue weighted by molar-refractivity contribution is -0.115. The van der Waals surface area contributed by atoms with Gasteiger partial charge < -0.3 is 10.6 Å². The van der Waals surface area contributed by atoms with Crippen molar-refractivity contribution in [3.63, 3.8) is 0 Å². The molecule has 0 radical (unpaired) electrons. The summed E-state index contributed by atoms with van der Waals surface area (Å²) in [7, 11) is 0. The van der Waals surface area contributed by atoms with Crippen LogP contribution in [0.5, 0.6) is 0 Å². The summed E-state index contributed by atoms with van der Waals surface area (Å²) in [5.74, 6) is 0.707. The number of azo groups is 1. The minimum absolute atomic E-state index is 0.0738. The monoisotopic (exact) mass is 430 g/mol. The van der Waals surface area contributed by atoms with Gasteiger partial charge in [0.2, 0.25) is 11.8 Å². The van der Waals surface area contributed by atoms with Crippen molar-refractivity contribution in [1.29, 1.82) is 0 Å². The van der Waals surface area contributed by atoms with E-state index in [2.05, 4.69) is 48.7 Å². The van der Waals surface area contributed by atoms with Gasteiger partial charge in [-0.15, -0.1) is 0 Å². The maximum atomic E-state index is 11.4. The van der Waals surface area contributed by atoms with E-state index in [1.165, 1.54) is 31.4 Å². The average Bonchev–Trinajstić information content (AvgIpc) is 3.35. The molecule has 166 valence electrons. The molecule has 32 heavy (non-hydrogen) atoms. The Morgan fingerprint density at radius 2 is 1.12 bits per heavy atom. The molecule has 2 bridgehead atoms. The first-order valence-electron chi connectivity index (χ1n) is 11.4. The number of fused-ring (bicyclic) bond motifs is 5. The molecule has 6 nitrogen and oxygen atoms in total. The van der Waals surface area contributed by atoms with Crippen LogP contribution in [0.3, 0.4) is 0 Å². The number of benzene rings is 2. The maximum Gasteiger partial charge on any atom is 0.221 e. The maximum absolute atomic E-state index is 11.4. The van der Waals surface area contributed by atoms with Crippen LogP contribution in [0.25, 0.3) is 0 Å². The highest BCUT2D eigenvalue weighted by Gasteiger charge is 2.78. The van der Waals surface area contributed by atoms with E-state index in [1.807, 2.05) is 24.3 Å². The fraction of sp³-hybridized carbons (Fsp3) is 0.462. The minimum atomic E-state index is -0.390. The molecular weight excluding hydrogens is 400 g/mol. The summed E-state index contributed by atoms with van der Waals surface area (Å²) in [5.41, 5.74) is 2.94. The average molecular weight is 431 g/mol. The third-order valence-corrected chi connectivity index (χ3v) is 8.15. The van der Waals surface area contributed by atoms with E-state index in [1.54, 1.807) is 0 Å². The summed E-state index contributed by atoms with van der Waals surface area (Å²) in [6.45, 7) is 7.67. The number of nitrogens with zero attached hydrogens (tertiary/aromatic N) is 2. The van der Waals surface area contributed by atoms with Crippen molar-refractivity contribution in [3.8, 4) is 0 Å². The molecular formula is C26H30N4O2. The zero-order valence-electron chi connectivity index (χ0n) is 19.1. The molecule has 4 atom stereocenters. The van der Waals surface area contributed by atoms with Gasteiger partial charge in [-0.3, -0.25) is 9.59 Å². The molecule has 2 N–H and O–H groups in total. The zero-order chi connectivity index (χ0) is 22.7. The highest BCUT2D eigenvalue weighted by atomic mass is 16.2. The molecule has 0 unspecified atom stereocenters. The second-order valence-electron chi connectivity index (χ2n) is 10.0. The predicted octanol–water partition coefficient (Wildman–Crippen LogP) is 5.62. The third-order valence-electron chi connectivity index (χ3n) is 8.15. The molecule has 2 amide bonds. The van der Waals surface area contributed by atoms with Gasteiger partial charge in [-0.05, 0) is 60.1 Å². The summed E-state index contributed by atoms with van der Waals surface area (Å²) in [5, 5.41) is 15.9. The number of hydrogen-bond donors (Lipinski definition) is 2. The molecule has 1 aliphatic heterocycles. The Labute approximate surface area is 188 Å². The van der Waals surface area contributed by atoms with Crippen molar-refractivity contribution >= 4 is 23.2 Å². The first-order chi connectivity index (χ1) is 15.2. The van der Waals surface area contributed by atoms with Crippen molar-refractivity contribution in [2.45, 2.75) is 58.0 Å². The van der Waals surface area contributed by atoms with Crippen molar-refractivity contribution in [2.24, 2.45) is 27.5 Å². The van der Waals surface area contributed by atoms with Gasteiger partial charge >= 0.3 is 0 Å². The van der Waals surface area contributed by atoms with Crippen molar-refractivity contribution in [2.75, 3.05) is 10.6 Å². The van der Waals surface area contributed by atoms with Crippen LogP contribution < -0.4 is 10.6 Å². The number of rotatable bonds is 4. The predicted molar refractivity (Wildman–Crippen MR) is 124 cm³/mol. The molecule has 2 aliphatic carbocycles. The Balaban J connectivity index is 1.59. The Kier molecular flexibility index (Phi) is 4.56. The SMILES string of the molecule is CC(=O)Nc1ccc([C@@]23N=N[C@@](c4ccc(NC(C)=O)cc4)([C@H]4CCC[C@H]42)C3(C)C)cc1. The van der Waals surface area contributed by atoms with Crippen LogP contribution in [-0.2, 0) is 20.7 Å². The van der Waals surface area contributed by atoms with Crippen LogP contribution in [0.15, 0.2) is 58.8 Å². The quantitative estimate of drug-likeness (QED) is 0.660. The fourth-order valence-electron chi connectivity index (χ4n) is 7.02. The molecule has 6 heteroatoms. The van der Waals surface area contributed by atoms with Gasteiger partial charge in [0.05, 0.1) is 0 Å². The Bertz CT molecular complexity index is 1020. The van der Waals surface area contributed by atoms with E-state index in [9.17, 15) is 9.59 Å². The standard InChI is InChI=1S/C26H30N4O2/c1-16(31)27-20-12-8-18(9-13-20)25-22-6-5-7-23(22)26(30-29-25,24(25,3)4)19-10-14-21(15-11-19)28-17(2)32/h8-15,22-23H,5-7H2,1-4H3,(H,27,31)(H,28,32)/t22-,23+,25-,26+. The molecule has 1 heterocycles. The van der Waals surface area contributed by atoms with E-state index >= 15 is 0 Å². The van der Waals surface area contributed by atoms with Crippen LogP contribution >= 0.6 is 0 Å². The van der Waals surface area contributed by atoms with Crippen LogP contribution in [0.2, 0.25) is 0 Å². The van der Waals surface area contributed by atoms with Crippen molar-refractivity contribution in [1.82, 2.24) is 0 Å². The lowest BCUT2D eigenvalue weighted by Gasteiger charge is -2.42. The highest BCUT2D eigenvalue weighted by Crippen LogP contribution is 2.77. The Morgan fingerprint density at radius 3 is 1.47 bits per heavy atom. The molecule has 2 aromatic carbocycles. The van der Waals surface area contributed by atoms with Gasteiger partial charge in [-0.2, -0.15) is 10.2 Å². The lowest BCUT2D eigenvalue weighted by Crippen LogP contribution is -2.44. The van der Waals surface area contributed by atoms with E-state index in [-0.39, 0.29) is 28.3 Å². The number of hydrogen-bond acceptors (Lipinski definition) is 4. The third kappa shape index (κ3) is 2.58. The van der Waals surface area contributed by atoms with E-state index in [0.29, 0.717) is 11.8 Å². The normalized spacial score (nSPS) is 31.4. The summed E-state index contributed by atoms with van der Waals surface area (Å²) < 4.78 is 0. The number of carbonyl (C=O) groups excluding carboxylic acids is 2. The molecule has 5 rings (SSSR count). The Morgan fingerprint density at radius 1 is 0.750 bits per heavy atom. The number of amides is 2. The summed E-state index contributed by atoms with van der Waals surface area (Å²) >= 11 is 0. The topological polar surface area (TPSA) is 82.9 Å².